The first-order valence-corrected chi connectivity index (χ1v) is 9.12. The van der Waals surface area contributed by atoms with E-state index in [1.807, 2.05) is 24.5 Å². The van der Waals surface area contributed by atoms with Crippen LogP contribution in [0, 0.1) is 0 Å². The van der Waals surface area contributed by atoms with Crippen LogP contribution in [0.1, 0.15) is 0 Å². The normalized spacial score (nSPS) is 11.5. The van der Waals surface area contributed by atoms with Crippen LogP contribution in [0.2, 0.25) is 0 Å². The minimum atomic E-state index is 0.887. The minimum absolute atomic E-state index is 0.887. The molecule has 0 amide bonds. The monoisotopic (exact) mass is 394 g/mol. The third-order valence-corrected chi connectivity index (χ3v) is 5.47. The Morgan fingerprint density at radius 3 is 2.88 bits per heavy atom. The molecule has 0 unspecified atom stereocenters. The predicted octanol–water partition coefficient (Wildman–Crippen LogP) is 5.60. The van der Waals surface area contributed by atoms with Gasteiger partial charge in [-0.1, -0.05) is 15.9 Å². The van der Waals surface area contributed by atoms with Crippen molar-refractivity contribution in [2.45, 2.75) is 0 Å². The fourth-order valence-electron chi connectivity index (χ4n) is 2.96. The number of nitrogens with zero attached hydrogens (tertiary/aromatic N) is 2. The highest BCUT2D eigenvalue weighted by Gasteiger charge is 2.14. The van der Waals surface area contributed by atoms with Gasteiger partial charge in [-0.3, -0.25) is 0 Å². The van der Waals surface area contributed by atoms with Crippen LogP contribution in [0.25, 0.3) is 43.8 Å². The van der Waals surface area contributed by atoms with Crippen LogP contribution in [0.5, 0.6) is 0 Å². The number of rotatable bonds is 2. The minimum Gasteiger partial charge on any atom is -0.360 e. The molecule has 0 spiro atoms. The van der Waals surface area contributed by atoms with Gasteiger partial charge in [0.05, 0.1) is 5.69 Å². The molecule has 4 aromatic heterocycles. The van der Waals surface area contributed by atoms with Crippen LogP contribution in [-0.2, 0) is 0 Å². The van der Waals surface area contributed by atoms with Crippen molar-refractivity contribution in [2.75, 3.05) is 0 Å². The molecule has 5 rings (SSSR count). The zero-order valence-corrected chi connectivity index (χ0v) is 14.8. The maximum absolute atomic E-state index is 4.86. The second-order valence-corrected chi connectivity index (χ2v) is 7.31. The van der Waals surface area contributed by atoms with Crippen molar-refractivity contribution < 1.29 is 0 Å². The molecule has 116 valence electrons. The number of aromatic amines is 2. The summed E-state index contributed by atoms with van der Waals surface area (Å²) >= 11 is 5.20. The fraction of sp³-hybridized carbons (Fsp3) is 0. The Bertz CT molecular complexity index is 1180. The second-order valence-electron chi connectivity index (χ2n) is 5.53. The summed E-state index contributed by atoms with van der Waals surface area (Å²) in [4.78, 5) is 15.7. The Labute approximate surface area is 149 Å². The average Bonchev–Trinajstić information content (AvgIpc) is 3.31. The number of hydrogen-bond acceptors (Lipinski definition) is 3. The summed E-state index contributed by atoms with van der Waals surface area (Å²) in [5.41, 5.74) is 5.18. The lowest BCUT2D eigenvalue weighted by Crippen LogP contribution is -1.78. The van der Waals surface area contributed by atoms with E-state index in [0.717, 1.165) is 42.9 Å². The highest BCUT2D eigenvalue weighted by atomic mass is 79.9. The number of thiazole rings is 1. The fourth-order valence-corrected chi connectivity index (χ4v) is 4.17. The smallest absolute Gasteiger partial charge is 0.137 e. The van der Waals surface area contributed by atoms with E-state index in [9.17, 15) is 0 Å². The summed E-state index contributed by atoms with van der Waals surface area (Å²) in [6.07, 6.45) is 5.79. The largest absolute Gasteiger partial charge is 0.360 e. The molecule has 0 saturated heterocycles. The molecule has 0 aliphatic rings. The van der Waals surface area contributed by atoms with Gasteiger partial charge < -0.3 is 9.97 Å². The van der Waals surface area contributed by atoms with Gasteiger partial charge in [0.2, 0.25) is 0 Å². The molecule has 24 heavy (non-hydrogen) atoms. The topological polar surface area (TPSA) is 57.4 Å². The van der Waals surface area contributed by atoms with Gasteiger partial charge >= 0.3 is 0 Å². The van der Waals surface area contributed by atoms with Crippen molar-refractivity contribution in [1.29, 1.82) is 0 Å². The van der Waals surface area contributed by atoms with E-state index in [2.05, 4.69) is 54.5 Å². The molecule has 4 heterocycles. The molecular weight excluding hydrogens is 384 g/mol. The van der Waals surface area contributed by atoms with E-state index in [-0.39, 0.29) is 0 Å². The molecule has 4 nitrogen and oxygen atoms in total. The van der Waals surface area contributed by atoms with Crippen molar-refractivity contribution in [3.63, 3.8) is 0 Å². The van der Waals surface area contributed by atoms with E-state index >= 15 is 0 Å². The maximum Gasteiger partial charge on any atom is 0.137 e. The number of pyridine rings is 1. The van der Waals surface area contributed by atoms with Crippen molar-refractivity contribution in [3.05, 3.63) is 58.8 Å². The number of benzene rings is 1. The molecule has 0 radical (unpaired) electrons. The second kappa shape index (κ2) is 5.29. The average molecular weight is 395 g/mol. The van der Waals surface area contributed by atoms with E-state index in [0.29, 0.717) is 0 Å². The number of nitrogens with one attached hydrogen (secondary N) is 2. The SMILES string of the molecule is Brc1ccc2[nH]cc(-c3nc(-c4c[nH]c5ncccc45)cs3)c2c1. The quantitative estimate of drug-likeness (QED) is 0.409. The zero-order chi connectivity index (χ0) is 16.1. The summed E-state index contributed by atoms with van der Waals surface area (Å²) in [6, 6.07) is 10.2. The molecule has 0 saturated carbocycles. The Hall–Kier alpha value is -2.44. The first-order chi connectivity index (χ1) is 11.8. The maximum atomic E-state index is 4.86. The van der Waals surface area contributed by atoms with Crippen LogP contribution in [0.15, 0.2) is 58.8 Å². The standard InChI is InChI=1S/C18H11BrN4S/c19-10-3-4-15-12(6-10)14(8-21-15)18-23-16(9-24-18)13-7-22-17-11(13)2-1-5-20-17/h1-9,21H,(H,20,22). The lowest BCUT2D eigenvalue weighted by atomic mass is 10.1. The van der Waals surface area contributed by atoms with Gasteiger partial charge in [0, 0.05) is 55.9 Å². The third-order valence-electron chi connectivity index (χ3n) is 4.11. The zero-order valence-electron chi connectivity index (χ0n) is 12.4. The first kappa shape index (κ1) is 13.9. The highest BCUT2D eigenvalue weighted by Crippen LogP contribution is 2.36. The summed E-state index contributed by atoms with van der Waals surface area (Å²) in [7, 11) is 0. The number of halogens is 1. The van der Waals surface area contributed by atoms with Crippen molar-refractivity contribution in [2.24, 2.45) is 0 Å². The Kier molecular flexibility index (Phi) is 3.08. The van der Waals surface area contributed by atoms with Gasteiger partial charge in [0.15, 0.2) is 0 Å². The van der Waals surface area contributed by atoms with Gasteiger partial charge in [-0.15, -0.1) is 11.3 Å². The van der Waals surface area contributed by atoms with Crippen LogP contribution < -0.4 is 0 Å². The molecule has 0 fully saturated rings. The number of fused-ring (bicyclic) bond motifs is 2. The molecule has 0 aliphatic carbocycles. The molecule has 1 aromatic carbocycles. The van der Waals surface area contributed by atoms with Gasteiger partial charge in [0.25, 0.3) is 0 Å². The number of hydrogen-bond donors (Lipinski definition) is 2. The molecule has 6 heteroatoms. The van der Waals surface area contributed by atoms with E-state index in [1.54, 1.807) is 17.5 Å². The Balaban J connectivity index is 1.65. The van der Waals surface area contributed by atoms with Crippen LogP contribution in [0.4, 0.5) is 0 Å². The lowest BCUT2D eigenvalue weighted by molar-refractivity contribution is 1.32. The summed E-state index contributed by atoms with van der Waals surface area (Å²) in [5, 5.41) is 5.37. The summed E-state index contributed by atoms with van der Waals surface area (Å²) in [6.45, 7) is 0. The number of aromatic nitrogens is 4. The first-order valence-electron chi connectivity index (χ1n) is 7.44. The van der Waals surface area contributed by atoms with E-state index in [1.165, 1.54) is 5.39 Å². The molecule has 2 N–H and O–H groups in total. The Morgan fingerprint density at radius 2 is 1.92 bits per heavy atom. The molecule has 5 aromatic rings. The number of H-pyrrole nitrogens is 2. The van der Waals surface area contributed by atoms with Crippen LogP contribution in [-0.4, -0.2) is 19.9 Å². The van der Waals surface area contributed by atoms with Crippen LogP contribution >= 0.6 is 27.3 Å². The van der Waals surface area contributed by atoms with Gasteiger partial charge in [0.1, 0.15) is 10.7 Å². The van der Waals surface area contributed by atoms with Gasteiger partial charge in [-0.25, -0.2) is 9.97 Å². The van der Waals surface area contributed by atoms with Gasteiger partial charge in [-0.05, 0) is 30.3 Å². The molecule has 0 aliphatic heterocycles. The van der Waals surface area contributed by atoms with Crippen molar-refractivity contribution in [1.82, 2.24) is 19.9 Å². The highest BCUT2D eigenvalue weighted by molar-refractivity contribution is 9.10. The summed E-state index contributed by atoms with van der Waals surface area (Å²) in [5.74, 6) is 0. The molecule has 0 bridgehead atoms. The van der Waals surface area contributed by atoms with E-state index in [4.69, 9.17) is 4.98 Å². The van der Waals surface area contributed by atoms with Gasteiger partial charge in [-0.2, -0.15) is 0 Å². The third kappa shape index (κ3) is 2.11. The lowest BCUT2D eigenvalue weighted by Gasteiger charge is -1.96. The Morgan fingerprint density at radius 1 is 1.00 bits per heavy atom. The molecular formula is C18H11BrN4S. The predicted molar refractivity (Wildman–Crippen MR) is 102 cm³/mol. The molecule has 0 atom stereocenters. The van der Waals surface area contributed by atoms with Crippen molar-refractivity contribution >= 4 is 49.2 Å². The summed E-state index contributed by atoms with van der Waals surface area (Å²) < 4.78 is 1.07. The van der Waals surface area contributed by atoms with E-state index < -0.39 is 0 Å². The van der Waals surface area contributed by atoms with Crippen molar-refractivity contribution in [3.8, 4) is 21.8 Å². The van der Waals surface area contributed by atoms with Crippen LogP contribution in [0.3, 0.4) is 0 Å².